The first kappa shape index (κ1) is 18.6. The highest BCUT2D eigenvalue weighted by Gasteiger charge is 2.25. The zero-order chi connectivity index (χ0) is 19.7. The van der Waals surface area contributed by atoms with Crippen LogP contribution in [0.15, 0.2) is 30.5 Å². The summed E-state index contributed by atoms with van der Waals surface area (Å²) in [5.74, 6) is 1.34. The lowest BCUT2D eigenvalue weighted by molar-refractivity contribution is 0.0694. The number of aliphatic hydroxyl groups is 1. The smallest absolute Gasteiger partial charge is 0.157 e. The molecule has 0 saturated carbocycles. The molecule has 4 heterocycles. The van der Waals surface area contributed by atoms with Crippen molar-refractivity contribution in [1.29, 1.82) is 0 Å². The Morgan fingerprint density at radius 1 is 1.36 bits per heavy atom. The molecule has 0 spiro atoms. The van der Waals surface area contributed by atoms with Crippen LogP contribution in [0.25, 0.3) is 17.0 Å². The van der Waals surface area contributed by atoms with Gasteiger partial charge in [0.05, 0.1) is 19.0 Å². The molecule has 3 N–H and O–H groups in total. The molecule has 8 nitrogen and oxygen atoms in total. The summed E-state index contributed by atoms with van der Waals surface area (Å²) >= 11 is 0. The molecule has 3 aromatic rings. The van der Waals surface area contributed by atoms with Crippen molar-refractivity contribution in [2.24, 2.45) is 0 Å². The van der Waals surface area contributed by atoms with E-state index in [0.29, 0.717) is 23.1 Å². The minimum absolute atomic E-state index is 0.378. The first-order valence-corrected chi connectivity index (χ1v) is 9.56. The number of fused-ring (bicyclic) bond motifs is 1. The zero-order valence-electron chi connectivity index (χ0n) is 16.4. The molecule has 0 unspecified atom stereocenters. The summed E-state index contributed by atoms with van der Waals surface area (Å²) in [6.07, 6.45) is 4.03. The van der Waals surface area contributed by atoms with Gasteiger partial charge >= 0.3 is 0 Å². The van der Waals surface area contributed by atoms with Gasteiger partial charge < -0.3 is 20.5 Å². The third kappa shape index (κ3) is 3.65. The third-order valence-corrected chi connectivity index (χ3v) is 4.92. The van der Waals surface area contributed by atoms with Crippen LogP contribution in [-0.4, -0.2) is 50.9 Å². The minimum atomic E-state index is -1.15. The number of hydrogen-bond acceptors (Lipinski definition) is 7. The maximum Gasteiger partial charge on any atom is 0.157 e. The van der Waals surface area contributed by atoms with Gasteiger partial charge in [0.1, 0.15) is 28.6 Å². The van der Waals surface area contributed by atoms with E-state index in [1.807, 2.05) is 18.2 Å². The van der Waals surface area contributed by atoms with Crippen molar-refractivity contribution in [3.63, 3.8) is 0 Å². The topological polar surface area (TPSA) is 96.6 Å². The molecule has 1 atom stereocenters. The van der Waals surface area contributed by atoms with Gasteiger partial charge in [-0.25, -0.2) is 14.5 Å². The number of rotatable bonds is 5. The Morgan fingerprint density at radius 2 is 2.21 bits per heavy atom. The van der Waals surface area contributed by atoms with Crippen LogP contribution in [0.3, 0.4) is 0 Å². The van der Waals surface area contributed by atoms with Crippen LogP contribution in [-0.2, 0) is 5.60 Å². The van der Waals surface area contributed by atoms with Gasteiger partial charge in [-0.3, -0.25) is 0 Å². The summed E-state index contributed by atoms with van der Waals surface area (Å²) in [6, 6.07) is 8.03. The summed E-state index contributed by atoms with van der Waals surface area (Å²) in [5, 5.41) is 22.0. The van der Waals surface area contributed by atoms with E-state index in [4.69, 9.17) is 9.72 Å². The summed E-state index contributed by atoms with van der Waals surface area (Å²) in [5.41, 5.74) is 1.46. The van der Waals surface area contributed by atoms with E-state index in [-0.39, 0.29) is 0 Å². The number of piperidine rings is 1. The van der Waals surface area contributed by atoms with Crippen molar-refractivity contribution in [3.8, 4) is 17.1 Å². The predicted molar refractivity (Wildman–Crippen MR) is 108 cm³/mol. The second-order valence-electron chi connectivity index (χ2n) is 7.63. The molecular weight excluding hydrogens is 356 g/mol. The molecule has 1 fully saturated rings. The van der Waals surface area contributed by atoms with E-state index in [2.05, 4.69) is 20.7 Å². The highest BCUT2D eigenvalue weighted by Crippen LogP contribution is 2.30. The fraction of sp³-hybridized carbons (Fsp3) is 0.450. The average Bonchev–Trinajstić information content (AvgIpc) is 3.10. The van der Waals surface area contributed by atoms with Crippen molar-refractivity contribution in [2.75, 3.05) is 25.5 Å². The first-order chi connectivity index (χ1) is 13.5. The van der Waals surface area contributed by atoms with E-state index in [1.165, 1.54) is 0 Å². The summed E-state index contributed by atoms with van der Waals surface area (Å²) in [7, 11) is 1.56. The SMILES string of the molecule is COc1cc2ncc(-c3cccc(N[C@@H]4CCCNC4)n3)n2nc1C(C)(C)O. The lowest BCUT2D eigenvalue weighted by Crippen LogP contribution is -2.38. The van der Waals surface area contributed by atoms with Gasteiger partial charge in [0.15, 0.2) is 5.65 Å². The Kier molecular flexibility index (Phi) is 4.91. The first-order valence-electron chi connectivity index (χ1n) is 9.56. The summed E-state index contributed by atoms with van der Waals surface area (Å²) in [6.45, 7) is 5.38. The quantitative estimate of drug-likeness (QED) is 0.622. The van der Waals surface area contributed by atoms with Gasteiger partial charge in [0.25, 0.3) is 0 Å². The van der Waals surface area contributed by atoms with Gasteiger partial charge in [-0.15, -0.1) is 0 Å². The molecule has 0 aromatic carbocycles. The van der Waals surface area contributed by atoms with Crippen LogP contribution in [0.1, 0.15) is 32.4 Å². The van der Waals surface area contributed by atoms with Crippen molar-refractivity contribution in [3.05, 3.63) is 36.2 Å². The maximum atomic E-state index is 10.5. The number of ether oxygens (including phenoxy) is 1. The molecule has 4 rings (SSSR count). The van der Waals surface area contributed by atoms with Crippen LogP contribution in [0.4, 0.5) is 5.82 Å². The lowest BCUT2D eigenvalue weighted by Gasteiger charge is -2.24. The van der Waals surface area contributed by atoms with Crippen LogP contribution in [0.5, 0.6) is 5.75 Å². The number of nitrogens with zero attached hydrogens (tertiary/aromatic N) is 4. The van der Waals surface area contributed by atoms with Gasteiger partial charge in [0, 0.05) is 18.7 Å². The van der Waals surface area contributed by atoms with E-state index < -0.39 is 5.60 Å². The third-order valence-electron chi connectivity index (χ3n) is 4.92. The van der Waals surface area contributed by atoms with Gasteiger partial charge in [0.2, 0.25) is 0 Å². The molecule has 28 heavy (non-hydrogen) atoms. The second kappa shape index (κ2) is 7.37. The Morgan fingerprint density at radius 3 is 2.93 bits per heavy atom. The number of methoxy groups -OCH3 is 1. The van der Waals surface area contributed by atoms with Crippen LogP contribution < -0.4 is 15.4 Å². The molecule has 8 heteroatoms. The number of hydrogen-bond donors (Lipinski definition) is 3. The lowest BCUT2D eigenvalue weighted by atomic mass is 10.0. The van der Waals surface area contributed by atoms with Crippen LogP contribution in [0, 0.1) is 0 Å². The monoisotopic (exact) mass is 382 g/mol. The second-order valence-corrected chi connectivity index (χ2v) is 7.63. The number of pyridine rings is 1. The van der Waals surface area contributed by atoms with Gasteiger partial charge in [-0.2, -0.15) is 5.10 Å². The molecule has 1 aliphatic rings. The van der Waals surface area contributed by atoms with E-state index in [9.17, 15) is 5.11 Å². The molecule has 1 saturated heterocycles. The van der Waals surface area contributed by atoms with Crippen molar-refractivity contribution in [1.82, 2.24) is 24.9 Å². The summed E-state index contributed by atoms with van der Waals surface area (Å²) in [4.78, 5) is 9.20. The summed E-state index contributed by atoms with van der Waals surface area (Å²) < 4.78 is 7.09. The van der Waals surface area contributed by atoms with Crippen molar-refractivity contribution < 1.29 is 9.84 Å². The molecule has 0 bridgehead atoms. The van der Waals surface area contributed by atoms with Gasteiger partial charge in [-0.1, -0.05) is 6.07 Å². The highest BCUT2D eigenvalue weighted by molar-refractivity contribution is 5.62. The Hall–Kier alpha value is -2.71. The molecular formula is C20H26N6O2. The Balaban J connectivity index is 1.72. The molecule has 0 aliphatic carbocycles. The minimum Gasteiger partial charge on any atom is -0.495 e. The van der Waals surface area contributed by atoms with Crippen LogP contribution in [0.2, 0.25) is 0 Å². The standard InChI is InChI=1S/C20H26N6O2/c1-20(2,27)19-16(28-3)10-18-22-12-15(26(18)25-19)14-7-4-8-17(24-14)23-13-6-5-9-21-11-13/h4,7-8,10,12-13,21,27H,5-6,9,11H2,1-3H3,(H,23,24)/t13-/m1/s1. The number of imidazole rings is 1. The maximum absolute atomic E-state index is 10.5. The van der Waals surface area contributed by atoms with Gasteiger partial charge in [-0.05, 0) is 45.4 Å². The Labute approximate surface area is 164 Å². The molecule has 1 aliphatic heterocycles. The molecule has 0 radical (unpaired) electrons. The average molecular weight is 382 g/mol. The number of anilines is 1. The predicted octanol–water partition coefficient (Wildman–Crippen LogP) is 2.19. The van der Waals surface area contributed by atoms with Crippen molar-refractivity contribution in [2.45, 2.75) is 38.3 Å². The van der Waals surface area contributed by atoms with E-state index in [1.54, 1.807) is 37.7 Å². The van der Waals surface area contributed by atoms with E-state index >= 15 is 0 Å². The highest BCUT2D eigenvalue weighted by atomic mass is 16.5. The molecule has 148 valence electrons. The fourth-order valence-corrected chi connectivity index (χ4v) is 3.49. The Bertz CT molecular complexity index is 972. The molecule has 3 aromatic heterocycles. The van der Waals surface area contributed by atoms with Crippen molar-refractivity contribution >= 4 is 11.5 Å². The largest absolute Gasteiger partial charge is 0.495 e. The number of aromatic nitrogens is 4. The van der Waals surface area contributed by atoms with Crippen LogP contribution >= 0.6 is 0 Å². The zero-order valence-corrected chi connectivity index (χ0v) is 16.4. The van der Waals surface area contributed by atoms with E-state index in [0.717, 1.165) is 43.1 Å². The fourth-order valence-electron chi connectivity index (χ4n) is 3.49. The molecule has 0 amide bonds. The normalized spacial score (nSPS) is 17.6. The number of nitrogens with one attached hydrogen (secondary N) is 2.